The van der Waals surface area contributed by atoms with Gasteiger partial charge in [-0.05, 0) is 33.2 Å². The Morgan fingerprint density at radius 3 is 3.00 bits per heavy atom. The molecule has 1 aliphatic rings. The molecule has 0 aliphatic carbocycles. The number of hydrogen-bond donors (Lipinski definition) is 3. The van der Waals surface area contributed by atoms with Crippen LogP contribution in [0.25, 0.3) is 0 Å². The van der Waals surface area contributed by atoms with E-state index in [9.17, 15) is 4.79 Å². The molecular weight excluding hydrogens is 204 g/mol. The van der Waals surface area contributed by atoms with Crippen molar-refractivity contribution in [1.82, 2.24) is 15.5 Å². The summed E-state index contributed by atoms with van der Waals surface area (Å²) in [5, 5.41) is 12.9. The molecule has 5 nitrogen and oxygen atoms in total. The van der Waals surface area contributed by atoms with Gasteiger partial charge in [0.05, 0.1) is 5.41 Å². The Morgan fingerprint density at radius 1 is 1.62 bits per heavy atom. The van der Waals surface area contributed by atoms with E-state index in [1.807, 2.05) is 19.9 Å². The summed E-state index contributed by atoms with van der Waals surface area (Å²) in [6, 6.07) is 1.83. The second kappa shape index (κ2) is 4.25. The number of amides is 1. The summed E-state index contributed by atoms with van der Waals surface area (Å²) in [5.41, 5.74) is 0.632. The highest BCUT2D eigenvalue weighted by molar-refractivity contribution is 5.94. The van der Waals surface area contributed by atoms with Crippen molar-refractivity contribution in [2.75, 3.05) is 18.4 Å². The summed E-state index contributed by atoms with van der Waals surface area (Å²) >= 11 is 0. The fraction of sp³-hybridized carbons (Fsp3) is 0.636. The van der Waals surface area contributed by atoms with Crippen LogP contribution in [-0.4, -0.2) is 29.2 Å². The zero-order valence-electron chi connectivity index (χ0n) is 9.76. The number of aromatic nitrogens is 2. The Morgan fingerprint density at radius 2 is 2.44 bits per heavy atom. The van der Waals surface area contributed by atoms with E-state index in [4.69, 9.17) is 0 Å². The fourth-order valence-corrected chi connectivity index (χ4v) is 2.00. The first kappa shape index (κ1) is 11.1. The number of rotatable bonds is 2. The molecule has 16 heavy (non-hydrogen) atoms. The number of nitrogens with zero attached hydrogens (tertiary/aromatic N) is 1. The van der Waals surface area contributed by atoms with Crippen LogP contribution in [0.1, 0.15) is 25.5 Å². The number of H-pyrrole nitrogens is 1. The van der Waals surface area contributed by atoms with E-state index in [-0.39, 0.29) is 11.3 Å². The summed E-state index contributed by atoms with van der Waals surface area (Å²) in [6.45, 7) is 5.65. The minimum atomic E-state index is -0.314. The Balaban J connectivity index is 2.01. The number of aryl methyl sites for hydroxylation is 1. The maximum absolute atomic E-state index is 12.1. The van der Waals surface area contributed by atoms with Crippen LogP contribution in [0.5, 0.6) is 0 Å². The Labute approximate surface area is 95.0 Å². The number of aromatic amines is 1. The Hall–Kier alpha value is -1.36. The molecule has 0 saturated carbocycles. The summed E-state index contributed by atoms with van der Waals surface area (Å²) in [7, 11) is 0. The Kier molecular flexibility index (Phi) is 2.96. The van der Waals surface area contributed by atoms with Crippen molar-refractivity contribution in [1.29, 1.82) is 0 Å². The number of piperidine rings is 1. The molecule has 1 aromatic rings. The lowest BCUT2D eigenvalue weighted by molar-refractivity contribution is -0.125. The molecule has 2 heterocycles. The van der Waals surface area contributed by atoms with E-state index >= 15 is 0 Å². The lowest BCUT2D eigenvalue weighted by Crippen LogP contribution is -2.46. The van der Waals surface area contributed by atoms with Crippen LogP contribution < -0.4 is 10.6 Å². The zero-order chi connectivity index (χ0) is 11.6. The molecule has 1 amide bonds. The molecule has 1 fully saturated rings. The first-order chi connectivity index (χ1) is 7.60. The van der Waals surface area contributed by atoms with Gasteiger partial charge in [-0.15, -0.1) is 0 Å². The van der Waals surface area contributed by atoms with Crippen molar-refractivity contribution in [3.05, 3.63) is 11.8 Å². The van der Waals surface area contributed by atoms with Gasteiger partial charge in [0.1, 0.15) is 0 Å². The van der Waals surface area contributed by atoms with Gasteiger partial charge in [0.15, 0.2) is 5.82 Å². The van der Waals surface area contributed by atoms with E-state index in [1.54, 1.807) is 0 Å². The molecule has 5 heteroatoms. The van der Waals surface area contributed by atoms with Crippen molar-refractivity contribution in [2.45, 2.75) is 26.7 Å². The molecule has 3 N–H and O–H groups in total. The van der Waals surface area contributed by atoms with E-state index in [0.29, 0.717) is 5.82 Å². The van der Waals surface area contributed by atoms with E-state index in [1.165, 1.54) is 0 Å². The lowest BCUT2D eigenvalue weighted by atomic mass is 9.82. The molecular formula is C11H18N4O. The maximum Gasteiger partial charge on any atom is 0.232 e. The topological polar surface area (TPSA) is 69.8 Å². The van der Waals surface area contributed by atoms with Gasteiger partial charge < -0.3 is 10.6 Å². The molecule has 2 rings (SSSR count). The standard InChI is InChI=1S/C11H18N4O/c1-8-6-9(15-14-8)13-10(16)11(2)4-3-5-12-7-11/h6,12H,3-5,7H2,1-2H3,(H2,13,14,15,16). The summed E-state index contributed by atoms with van der Waals surface area (Å²) in [5.74, 6) is 0.653. The summed E-state index contributed by atoms with van der Waals surface area (Å²) < 4.78 is 0. The first-order valence-electron chi connectivity index (χ1n) is 5.64. The molecule has 1 aliphatic heterocycles. The third-order valence-electron chi connectivity index (χ3n) is 3.09. The molecule has 0 aromatic carbocycles. The third kappa shape index (κ3) is 2.24. The van der Waals surface area contributed by atoms with Crippen molar-refractivity contribution < 1.29 is 4.79 Å². The largest absolute Gasteiger partial charge is 0.316 e. The van der Waals surface area contributed by atoms with Crippen LogP contribution in [0.3, 0.4) is 0 Å². The minimum absolute atomic E-state index is 0.0474. The summed E-state index contributed by atoms with van der Waals surface area (Å²) in [6.07, 6.45) is 1.97. The molecule has 0 radical (unpaired) electrons. The highest BCUT2D eigenvalue weighted by Gasteiger charge is 2.34. The maximum atomic E-state index is 12.1. The van der Waals surface area contributed by atoms with Crippen molar-refractivity contribution >= 4 is 11.7 Å². The Bertz CT molecular complexity index is 379. The third-order valence-corrected chi connectivity index (χ3v) is 3.09. The quantitative estimate of drug-likeness (QED) is 0.700. The van der Waals surface area contributed by atoms with E-state index < -0.39 is 0 Å². The van der Waals surface area contributed by atoms with E-state index in [2.05, 4.69) is 20.8 Å². The van der Waals surface area contributed by atoms with E-state index in [0.717, 1.165) is 31.6 Å². The van der Waals surface area contributed by atoms with Gasteiger partial charge >= 0.3 is 0 Å². The van der Waals surface area contributed by atoms with Crippen LogP contribution >= 0.6 is 0 Å². The smallest absolute Gasteiger partial charge is 0.232 e. The van der Waals surface area contributed by atoms with Gasteiger partial charge in [0, 0.05) is 18.3 Å². The number of hydrogen-bond acceptors (Lipinski definition) is 3. The minimum Gasteiger partial charge on any atom is -0.316 e. The molecule has 0 spiro atoms. The van der Waals surface area contributed by atoms with Gasteiger partial charge in [-0.2, -0.15) is 5.10 Å². The van der Waals surface area contributed by atoms with Gasteiger partial charge in [0.25, 0.3) is 0 Å². The number of anilines is 1. The lowest BCUT2D eigenvalue weighted by Gasteiger charge is -2.32. The highest BCUT2D eigenvalue weighted by atomic mass is 16.2. The van der Waals surface area contributed by atoms with Crippen LogP contribution in [0.2, 0.25) is 0 Å². The monoisotopic (exact) mass is 222 g/mol. The van der Waals surface area contributed by atoms with Crippen LogP contribution in [0.15, 0.2) is 6.07 Å². The van der Waals surface area contributed by atoms with Gasteiger partial charge in [-0.25, -0.2) is 0 Å². The number of nitrogens with one attached hydrogen (secondary N) is 3. The average molecular weight is 222 g/mol. The van der Waals surface area contributed by atoms with Crippen molar-refractivity contribution in [3.8, 4) is 0 Å². The zero-order valence-corrected chi connectivity index (χ0v) is 9.76. The van der Waals surface area contributed by atoms with Gasteiger partial charge in [0.2, 0.25) is 5.91 Å². The highest BCUT2D eigenvalue weighted by Crippen LogP contribution is 2.26. The van der Waals surface area contributed by atoms with Gasteiger partial charge in [-0.3, -0.25) is 9.89 Å². The second-order valence-electron chi connectivity index (χ2n) is 4.73. The second-order valence-corrected chi connectivity index (χ2v) is 4.73. The van der Waals surface area contributed by atoms with Crippen LogP contribution in [0, 0.1) is 12.3 Å². The predicted molar refractivity (Wildman–Crippen MR) is 62.2 cm³/mol. The molecule has 0 bridgehead atoms. The molecule has 1 atom stereocenters. The number of carbonyl (C=O) groups is 1. The van der Waals surface area contributed by atoms with Gasteiger partial charge in [-0.1, -0.05) is 0 Å². The average Bonchev–Trinajstić information content (AvgIpc) is 2.65. The fourth-order valence-electron chi connectivity index (χ4n) is 2.00. The first-order valence-corrected chi connectivity index (χ1v) is 5.64. The molecule has 1 unspecified atom stereocenters. The summed E-state index contributed by atoms with van der Waals surface area (Å²) in [4.78, 5) is 12.1. The SMILES string of the molecule is Cc1cc(NC(=O)C2(C)CCCNC2)n[nH]1. The van der Waals surface area contributed by atoms with Crippen LogP contribution in [-0.2, 0) is 4.79 Å². The molecule has 1 saturated heterocycles. The molecule has 88 valence electrons. The normalized spacial score (nSPS) is 25.4. The number of carbonyl (C=O) groups excluding carboxylic acids is 1. The van der Waals surface area contributed by atoms with Crippen molar-refractivity contribution in [3.63, 3.8) is 0 Å². The van der Waals surface area contributed by atoms with Crippen molar-refractivity contribution in [2.24, 2.45) is 5.41 Å². The van der Waals surface area contributed by atoms with Crippen LogP contribution in [0.4, 0.5) is 5.82 Å². The predicted octanol–water partition coefficient (Wildman–Crippen LogP) is 1.05. The molecule has 1 aromatic heterocycles.